The van der Waals surface area contributed by atoms with E-state index in [0.717, 1.165) is 12.5 Å². The number of likely N-dealkylation sites (tertiary alicyclic amines) is 1. The molecule has 1 aliphatic heterocycles. The van der Waals surface area contributed by atoms with Crippen molar-refractivity contribution in [2.45, 2.75) is 39.2 Å². The average molecular weight is 286 g/mol. The number of hydrogen-bond acceptors (Lipinski definition) is 1. The smallest absolute Gasteiger partial charge is 0.0595 e. The monoisotopic (exact) mass is 285 g/mol. The first-order valence-corrected chi connectivity index (χ1v) is 7.61. The predicted molar refractivity (Wildman–Crippen MR) is 79.4 cm³/mol. The average Bonchev–Trinajstić information content (AvgIpc) is 2.37. The third-order valence-corrected chi connectivity index (χ3v) is 4.53. The molecule has 0 aromatic heterocycles. The Morgan fingerprint density at radius 3 is 2.50 bits per heavy atom. The van der Waals surface area contributed by atoms with Crippen molar-refractivity contribution in [2.75, 3.05) is 13.1 Å². The Hall–Kier alpha value is -0.240. The molecular formula is C15H21Cl2N. The summed E-state index contributed by atoms with van der Waals surface area (Å²) in [6.07, 6.45) is 5.39. The molecule has 0 unspecified atom stereocenters. The lowest BCUT2D eigenvalue weighted by Gasteiger charge is -2.31. The third-order valence-electron chi connectivity index (χ3n) is 3.79. The Bertz CT molecular complexity index is 384. The van der Waals surface area contributed by atoms with E-state index < -0.39 is 0 Å². The first-order valence-electron chi connectivity index (χ1n) is 6.85. The van der Waals surface area contributed by atoms with Gasteiger partial charge < -0.3 is 0 Å². The van der Waals surface area contributed by atoms with Crippen LogP contribution in [0.2, 0.25) is 10.0 Å². The summed E-state index contributed by atoms with van der Waals surface area (Å²) in [4.78, 5) is 2.52. The van der Waals surface area contributed by atoms with Crippen molar-refractivity contribution in [3.05, 3.63) is 33.8 Å². The first-order chi connectivity index (χ1) is 8.69. The van der Waals surface area contributed by atoms with Crippen LogP contribution in [0.4, 0.5) is 0 Å². The second kappa shape index (κ2) is 6.79. The van der Waals surface area contributed by atoms with Crippen molar-refractivity contribution in [3.8, 4) is 0 Å². The number of hydrogen-bond donors (Lipinski definition) is 0. The molecule has 0 radical (unpaired) electrons. The number of nitrogens with zero attached hydrogens (tertiary/aromatic N) is 1. The zero-order chi connectivity index (χ0) is 13.0. The fourth-order valence-electron chi connectivity index (χ4n) is 2.74. The number of piperidine rings is 1. The highest BCUT2D eigenvalue weighted by Crippen LogP contribution is 2.26. The van der Waals surface area contributed by atoms with Crippen molar-refractivity contribution < 1.29 is 0 Å². The maximum absolute atomic E-state index is 6.05. The van der Waals surface area contributed by atoms with Crippen LogP contribution < -0.4 is 0 Å². The molecule has 0 atom stereocenters. The lowest BCUT2D eigenvalue weighted by molar-refractivity contribution is 0.172. The van der Waals surface area contributed by atoms with Crippen molar-refractivity contribution in [1.82, 2.24) is 4.90 Å². The zero-order valence-electron chi connectivity index (χ0n) is 11.0. The summed E-state index contributed by atoms with van der Waals surface area (Å²) in [5.74, 6) is 0.944. The van der Waals surface area contributed by atoms with Crippen LogP contribution in [-0.2, 0) is 6.54 Å². The Kier molecular flexibility index (Phi) is 5.35. The highest BCUT2D eigenvalue weighted by molar-refractivity contribution is 6.42. The van der Waals surface area contributed by atoms with Gasteiger partial charge in [-0.25, -0.2) is 0 Å². The Morgan fingerprint density at radius 2 is 1.89 bits per heavy atom. The van der Waals surface area contributed by atoms with Crippen LogP contribution in [0.3, 0.4) is 0 Å². The molecule has 1 aliphatic rings. The molecule has 1 heterocycles. The SMILES string of the molecule is CCCC1CCN(Cc2ccc(Cl)c(Cl)c2)CC1. The van der Waals surface area contributed by atoms with E-state index in [-0.39, 0.29) is 0 Å². The van der Waals surface area contributed by atoms with E-state index in [1.807, 2.05) is 12.1 Å². The molecule has 0 saturated carbocycles. The van der Waals surface area contributed by atoms with Crippen LogP contribution in [0.25, 0.3) is 0 Å². The van der Waals surface area contributed by atoms with Crippen molar-refractivity contribution >= 4 is 23.2 Å². The maximum Gasteiger partial charge on any atom is 0.0595 e. The Labute approximate surface area is 120 Å². The molecule has 2 rings (SSSR count). The molecule has 0 N–H and O–H groups in total. The molecule has 1 saturated heterocycles. The van der Waals surface area contributed by atoms with Gasteiger partial charge in [0.25, 0.3) is 0 Å². The minimum absolute atomic E-state index is 0.641. The highest BCUT2D eigenvalue weighted by atomic mass is 35.5. The van der Waals surface area contributed by atoms with E-state index >= 15 is 0 Å². The minimum atomic E-state index is 0.641. The van der Waals surface area contributed by atoms with Gasteiger partial charge in [-0.1, -0.05) is 49.0 Å². The normalized spacial score (nSPS) is 18.2. The van der Waals surface area contributed by atoms with Crippen LogP contribution in [0, 0.1) is 5.92 Å². The van der Waals surface area contributed by atoms with E-state index in [1.165, 1.54) is 44.3 Å². The Morgan fingerprint density at radius 1 is 1.17 bits per heavy atom. The van der Waals surface area contributed by atoms with E-state index in [9.17, 15) is 0 Å². The summed E-state index contributed by atoms with van der Waals surface area (Å²) >= 11 is 12.0. The van der Waals surface area contributed by atoms with Crippen LogP contribution in [0.5, 0.6) is 0 Å². The summed E-state index contributed by atoms with van der Waals surface area (Å²) < 4.78 is 0. The fraction of sp³-hybridized carbons (Fsp3) is 0.600. The maximum atomic E-state index is 6.05. The van der Waals surface area contributed by atoms with Gasteiger partial charge >= 0.3 is 0 Å². The van der Waals surface area contributed by atoms with Crippen molar-refractivity contribution in [2.24, 2.45) is 5.92 Å². The largest absolute Gasteiger partial charge is 0.299 e. The molecule has 0 amide bonds. The number of benzene rings is 1. The molecule has 0 aliphatic carbocycles. The van der Waals surface area contributed by atoms with Gasteiger partial charge in [-0.2, -0.15) is 0 Å². The molecule has 1 aromatic rings. The minimum Gasteiger partial charge on any atom is -0.299 e. The molecule has 3 heteroatoms. The van der Waals surface area contributed by atoms with Gasteiger partial charge in [0.05, 0.1) is 10.0 Å². The fourth-order valence-corrected chi connectivity index (χ4v) is 3.06. The van der Waals surface area contributed by atoms with Crippen molar-refractivity contribution in [3.63, 3.8) is 0 Å². The van der Waals surface area contributed by atoms with Crippen LogP contribution >= 0.6 is 23.2 Å². The van der Waals surface area contributed by atoms with E-state index in [2.05, 4.69) is 17.9 Å². The molecule has 100 valence electrons. The molecule has 1 aromatic carbocycles. The molecular weight excluding hydrogens is 265 g/mol. The van der Waals surface area contributed by atoms with Crippen LogP contribution in [-0.4, -0.2) is 18.0 Å². The molecule has 1 nitrogen and oxygen atoms in total. The summed E-state index contributed by atoms with van der Waals surface area (Å²) in [6, 6.07) is 5.96. The van der Waals surface area contributed by atoms with Gasteiger partial charge in [0.2, 0.25) is 0 Å². The van der Waals surface area contributed by atoms with Gasteiger partial charge in [-0.15, -0.1) is 0 Å². The second-order valence-electron chi connectivity index (χ2n) is 5.26. The lowest BCUT2D eigenvalue weighted by atomic mass is 9.92. The summed E-state index contributed by atoms with van der Waals surface area (Å²) in [5, 5.41) is 1.30. The van der Waals surface area contributed by atoms with E-state index in [0.29, 0.717) is 10.0 Å². The Balaban J connectivity index is 1.85. The summed E-state index contributed by atoms with van der Waals surface area (Å²) in [5.41, 5.74) is 1.26. The second-order valence-corrected chi connectivity index (χ2v) is 6.07. The number of halogens is 2. The van der Waals surface area contributed by atoms with Gasteiger partial charge in [-0.3, -0.25) is 4.90 Å². The topological polar surface area (TPSA) is 3.24 Å². The standard InChI is InChI=1S/C15H21Cl2N/c1-2-3-12-6-8-18(9-7-12)11-13-4-5-14(16)15(17)10-13/h4-5,10,12H,2-3,6-9,11H2,1H3. The number of rotatable bonds is 4. The summed E-state index contributed by atoms with van der Waals surface area (Å²) in [6.45, 7) is 5.70. The summed E-state index contributed by atoms with van der Waals surface area (Å²) in [7, 11) is 0. The molecule has 18 heavy (non-hydrogen) atoms. The lowest BCUT2D eigenvalue weighted by Crippen LogP contribution is -2.33. The van der Waals surface area contributed by atoms with Crippen molar-refractivity contribution in [1.29, 1.82) is 0 Å². The van der Waals surface area contributed by atoms with Gasteiger partial charge in [-0.05, 0) is 49.5 Å². The molecule has 1 fully saturated rings. The van der Waals surface area contributed by atoms with Crippen LogP contribution in [0.1, 0.15) is 38.2 Å². The zero-order valence-corrected chi connectivity index (χ0v) is 12.5. The third kappa shape index (κ3) is 3.88. The molecule has 0 spiro atoms. The quantitative estimate of drug-likeness (QED) is 0.752. The van der Waals surface area contributed by atoms with Gasteiger partial charge in [0, 0.05) is 6.54 Å². The van der Waals surface area contributed by atoms with Crippen LogP contribution in [0.15, 0.2) is 18.2 Å². The van der Waals surface area contributed by atoms with Gasteiger partial charge in [0.1, 0.15) is 0 Å². The molecule has 0 bridgehead atoms. The first kappa shape index (κ1) is 14.2. The predicted octanol–water partition coefficient (Wildman–Crippen LogP) is 5.01. The highest BCUT2D eigenvalue weighted by Gasteiger charge is 2.18. The van der Waals surface area contributed by atoms with Gasteiger partial charge in [0.15, 0.2) is 0 Å². The van der Waals surface area contributed by atoms with E-state index in [1.54, 1.807) is 0 Å². The van der Waals surface area contributed by atoms with E-state index in [4.69, 9.17) is 23.2 Å².